The molecule has 0 bridgehead atoms. The molecule has 0 saturated heterocycles. The third-order valence-electron chi connectivity index (χ3n) is 4.18. The number of likely N-dealkylation sites (N-methyl/N-ethyl adjacent to an activating group) is 1. The lowest BCUT2D eigenvalue weighted by molar-refractivity contribution is 0.0944. The molecule has 1 aliphatic rings. The number of hydrogen-bond acceptors (Lipinski definition) is 5. The van der Waals surface area contributed by atoms with Gasteiger partial charge in [0.1, 0.15) is 12.4 Å². The van der Waals surface area contributed by atoms with Crippen molar-refractivity contribution >= 4 is 18.3 Å². The van der Waals surface area contributed by atoms with E-state index >= 15 is 0 Å². The van der Waals surface area contributed by atoms with Gasteiger partial charge in [0.25, 0.3) is 5.91 Å². The van der Waals surface area contributed by atoms with Gasteiger partial charge >= 0.3 is 0 Å². The highest BCUT2D eigenvalue weighted by Crippen LogP contribution is 2.16. The number of rotatable bonds is 7. The minimum Gasteiger partial charge on any atom is -0.492 e. The number of H-pyrrole nitrogens is 1. The van der Waals surface area contributed by atoms with Gasteiger partial charge in [0.15, 0.2) is 5.69 Å². The Morgan fingerprint density at radius 2 is 2.23 bits per heavy atom. The summed E-state index contributed by atoms with van der Waals surface area (Å²) in [5, 5.41) is 13.4. The van der Waals surface area contributed by atoms with Crippen LogP contribution in [0, 0.1) is 0 Å². The highest BCUT2D eigenvalue weighted by molar-refractivity contribution is 5.94. The van der Waals surface area contributed by atoms with E-state index in [1.54, 1.807) is 0 Å². The number of amides is 1. The van der Waals surface area contributed by atoms with Crippen LogP contribution in [0.1, 0.15) is 27.3 Å². The molecule has 8 heteroatoms. The molecule has 142 valence electrons. The second-order valence-corrected chi connectivity index (χ2v) is 6.44. The van der Waals surface area contributed by atoms with Crippen LogP contribution in [0.4, 0.5) is 0 Å². The van der Waals surface area contributed by atoms with Gasteiger partial charge in [-0.25, -0.2) is 0 Å². The Hall–Kier alpha value is -2.09. The van der Waals surface area contributed by atoms with Crippen LogP contribution in [-0.2, 0) is 19.5 Å². The van der Waals surface area contributed by atoms with Gasteiger partial charge in [-0.1, -0.05) is 12.1 Å². The number of benzene rings is 1. The lowest BCUT2D eigenvalue weighted by Crippen LogP contribution is -2.28. The predicted octanol–water partition coefficient (Wildman–Crippen LogP) is 1.35. The predicted molar refractivity (Wildman–Crippen MR) is 103 cm³/mol. The van der Waals surface area contributed by atoms with E-state index in [0.29, 0.717) is 25.4 Å². The minimum atomic E-state index is -0.153. The summed E-state index contributed by atoms with van der Waals surface area (Å²) in [6, 6.07) is 7.79. The third kappa shape index (κ3) is 5.20. The SMILES string of the molecule is CN(C)CCOc1cccc(CNC(=O)c2n[nH]c3c2CNCC3)c1.Cl. The molecule has 0 atom stereocenters. The van der Waals surface area contributed by atoms with Crippen LogP contribution in [0.15, 0.2) is 24.3 Å². The third-order valence-corrected chi connectivity index (χ3v) is 4.18. The number of aromatic amines is 1. The summed E-state index contributed by atoms with van der Waals surface area (Å²) in [7, 11) is 4.03. The summed E-state index contributed by atoms with van der Waals surface area (Å²) < 4.78 is 5.73. The summed E-state index contributed by atoms with van der Waals surface area (Å²) in [5.74, 6) is 0.662. The van der Waals surface area contributed by atoms with Crippen molar-refractivity contribution in [1.82, 2.24) is 25.7 Å². The van der Waals surface area contributed by atoms with Crippen molar-refractivity contribution in [3.05, 3.63) is 46.8 Å². The van der Waals surface area contributed by atoms with E-state index < -0.39 is 0 Å². The highest BCUT2D eigenvalue weighted by Gasteiger charge is 2.21. The zero-order valence-electron chi connectivity index (χ0n) is 15.2. The van der Waals surface area contributed by atoms with Crippen LogP contribution >= 0.6 is 12.4 Å². The lowest BCUT2D eigenvalue weighted by Gasteiger charge is -2.13. The number of nitrogens with zero attached hydrogens (tertiary/aromatic N) is 2. The van der Waals surface area contributed by atoms with Gasteiger partial charge in [0, 0.05) is 43.9 Å². The Morgan fingerprint density at radius 3 is 3.04 bits per heavy atom. The van der Waals surface area contributed by atoms with E-state index in [-0.39, 0.29) is 18.3 Å². The molecule has 0 unspecified atom stereocenters. The number of nitrogens with one attached hydrogen (secondary N) is 3. The highest BCUT2D eigenvalue weighted by atomic mass is 35.5. The maximum Gasteiger partial charge on any atom is 0.272 e. The molecule has 26 heavy (non-hydrogen) atoms. The Kier molecular flexibility index (Phi) is 7.44. The molecule has 1 aromatic heterocycles. The fourth-order valence-electron chi connectivity index (χ4n) is 2.77. The number of hydrogen-bond donors (Lipinski definition) is 3. The first-order valence-corrected chi connectivity index (χ1v) is 8.55. The van der Waals surface area contributed by atoms with Crippen molar-refractivity contribution in [2.45, 2.75) is 19.5 Å². The summed E-state index contributed by atoms with van der Waals surface area (Å²) in [5.41, 5.74) is 3.52. The Balaban J connectivity index is 0.00000243. The number of carbonyl (C=O) groups is 1. The molecule has 0 fully saturated rings. The molecule has 3 rings (SSSR count). The minimum absolute atomic E-state index is 0. The molecule has 1 amide bonds. The largest absolute Gasteiger partial charge is 0.492 e. The molecule has 0 aliphatic carbocycles. The Bertz CT molecular complexity index is 732. The van der Waals surface area contributed by atoms with Crippen molar-refractivity contribution in [3.63, 3.8) is 0 Å². The van der Waals surface area contributed by atoms with Gasteiger partial charge in [-0.15, -0.1) is 12.4 Å². The second kappa shape index (κ2) is 9.56. The van der Waals surface area contributed by atoms with E-state index in [4.69, 9.17) is 4.74 Å². The maximum atomic E-state index is 12.4. The number of halogens is 1. The smallest absolute Gasteiger partial charge is 0.272 e. The summed E-state index contributed by atoms with van der Waals surface area (Å²) in [6.45, 7) is 3.54. The zero-order valence-corrected chi connectivity index (χ0v) is 16.0. The molecule has 7 nitrogen and oxygen atoms in total. The van der Waals surface area contributed by atoms with Crippen molar-refractivity contribution < 1.29 is 9.53 Å². The summed E-state index contributed by atoms with van der Waals surface area (Å²) in [6.07, 6.45) is 0.877. The number of ether oxygens (including phenoxy) is 1. The summed E-state index contributed by atoms with van der Waals surface area (Å²) in [4.78, 5) is 14.5. The first-order chi connectivity index (χ1) is 12.1. The quantitative estimate of drug-likeness (QED) is 0.676. The van der Waals surface area contributed by atoms with Crippen molar-refractivity contribution in [2.24, 2.45) is 0 Å². The topological polar surface area (TPSA) is 82.3 Å². The molecule has 0 radical (unpaired) electrons. The number of aromatic nitrogens is 2. The molecule has 0 saturated carbocycles. The fraction of sp³-hybridized carbons (Fsp3) is 0.444. The molecule has 1 aromatic carbocycles. The van der Waals surface area contributed by atoms with E-state index in [2.05, 4.69) is 25.7 Å². The van der Waals surface area contributed by atoms with Gasteiger partial charge in [0.2, 0.25) is 0 Å². The van der Waals surface area contributed by atoms with E-state index in [9.17, 15) is 4.79 Å². The van der Waals surface area contributed by atoms with Gasteiger partial charge in [-0.3, -0.25) is 9.89 Å². The molecule has 2 aromatic rings. The van der Waals surface area contributed by atoms with Crippen molar-refractivity contribution in [3.8, 4) is 5.75 Å². The first-order valence-electron chi connectivity index (χ1n) is 8.55. The van der Waals surface area contributed by atoms with E-state index in [0.717, 1.165) is 42.1 Å². The molecule has 3 N–H and O–H groups in total. The first kappa shape index (κ1) is 20.2. The van der Waals surface area contributed by atoms with Gasteiger partial charge in [-0.2, -0.15) is 5.10 Å². The van der Waals surface area contributed by atoms with Crippen molar-refractivity contribution in [2.75, 3.05) is 33.8 Å². The van der Waals surface area contributed by atoms with Crippen LogP contribution in [0.2, 0.25) is 0 Å². The monoisotopic (exact) mass is 379 g/mol. The van der Waals surface area contributed by atoms with Crippen LogP contribution in [-0.4, -0.2) is 54.8 Å². The maximum absolute atomic E-state index is 12.4. The molecule has 2 heterocycles. The van der Waals surface area contributed by atoms with E-state index in [1.807, 2.05) is 38.4 Å². The molecule has 0 spiro atoms. The Morgan fingerprint density at radius 1 is 1.38 bits per heavy atom. The average molecular weight is 380 g/mol. The molecular weight excluding hydrogens is 354 g/mol. The second-order valence-electron chi connectivity index (χ2n) is 6.44. The van der Waals surface area contributed by atoms with Crippen molar-refractivity contribution in [1.29, 1.82) is 0 Å². The van der Waals surface area contributed by atoms with Crippen LogP contribution in [0.25, 0.3) is 0 Å². The Labute approximate surface area is 159 Å². The van der Waals surface area contributed by atoms with Crippen LogP contribution < -0.4 is 15.4 Å². The van der Waals surface area contributed by atoms with Gasteiger partial charge in [-0.05, 0) is 31.8 Å². The van der Waals surface area contributed by atoms with Crippen LogP contribution in [0.3, 0.4) is 0 Å². The average Bonchev–Trinajstić information content (AvgIpc) is 3.04. The van der Waals surface area contributed by atoms with Gasteiger partial charge in [0.05, 0.1) is 0 Å². The number of carbonyl (C=O) groups excluding carboxylic acids is 1. The van der Waals surface area contributed by atoms with Gasteiger partial charge < -0.3 is 20.3 Å². The van der Waals surface area contributed by atoms with E-state index in [1.165, 1.54) is 0 Å². The summed E-state index contributed by atoms with van der Waals surface area (Å²) >= 11 is 0. The molecular formula is C18H26ClN5O2. The molecule has 1 aliphatic heterocycles. The fourth-order valence-corrected chi connectivity index (χ4v) is 2.77. The normalized spacial score (nSPS) is 13.0. The lowest BCUT2D eigenvalue weighted by atomic mass is 10.1. The number of fused-ring (bicyclic) bond motifs is 1. The standard InChI is InChI=1S/C18H25N5O2.ClH/c1-23(2)8-9-25-14-5-3-4-13(10-14)11-20-18(24)17-15-12-19-7-6-16(15)21-22-17;/h3-5,10,19H,6-9,11-12H2,1-2H3,(H,20,24)(H,21,22);1H. The van der Waals surface area contributed by atoms with Crippen LogP contribution in [0.5, 0.6) is 5.75 Å². The zero-order chi connectivity index (χ0) is 17.6.